The van der Waals surface area contributed by atoms with Gasteiger partial charge in [0.2, 0.25) is 0 Å². The Bertz CT molecular complexity index is 245. The summed E-state index contributed by atoms with van der Waals surface area (Å²) in [4.78, 5) is 0. The molecule has 0 aromatic carbocycles. The molecule has 1 aliphatic heterocycles. The van der Waals surface area contributed by atoms with Crippen molar-refractivity contribution in [1.82, 2.24) is 5.32 Å². The van der Waals surface area contributed by atoms with Crippen LogP contribution in [0.3, 0.4) is 0 Å². The largest absolute Gasteiger partial charge is 0.381 e. The average molecular weight is 221 g/mol. The van der Waals surface area contributed by atoms with Gasteiger partial charge in [-0.1, -0.05) is 6.92 Å². The summed E-state index contributed by atoms with van der Waals surface area (Å²) >= 11 is 0. The van der Waals surface area contributed by atoms with Gasteiger partial charge in [-0.2, -0.15) is 0 Å². The van der Waals surface area contributed by atoms with Crippen LogP contribution in [0.5, 0.6) is 0 Å². The zero-order valence-corrected chi connectivity index (χ0v) is 9.48. The van der Waals surface area contributed by atoms with Gasteiger partial charge in [0.05, 0.1) is 12.4 Å². The Morgan fingerprint density at radius 2 is 2.29 bits per heavy atom. The number of ether oxygens (including phenoxy) is 1. The van der Waals surface area contributed by atoms with Crippen molar-refractivity contribution in [3.05, 3.63) is 0 Å². The van der Waals surface area contributed by atoms with E-state index in [1.54, 1.807) is 6.92 Å². The summed E-state index contributed by atoms with van der Waals surface area (Å²) in [7, 11) is -2.81. The Balaban J connectivity index is 2.04. The van der Waals surface area contributed by atoms with Crippen LogP contribution in [-0.4, -0.2) is 46.2 Å². The third-order valence-corrected chi connectivity index (χ3v) is 4.19. The maximum atomic E-state index is 11.1. The first-order valence-corrected chi connectivity index (χ1v) is 6.95. The molecule has 1 heterocycles. The SMILES string of the molecule is CCS(=O)(=O)CCNCC1CCOC1. The molecule has 84 valence electrons. The van der Waals surface area contributed by atoms with E-state index >= 15 is 0 Å². The second-order valence-electron chi connectivity index (χ2n) is 3.67. The first-order valence-electron chi connectivity index (χ1n) is 5.13. The standard InChI is InChI=1S/C9H19NO3S/c1-2-14(11,12)6-4-10-7-9-3-5-13-8-9/h9-10H,2-8H2,1H3. The first kappa shape index (κ1) is 11.9. The van der Waals surface area contributed by atoms with Crippen LogP contribution in [-0.2, 0) is 14.6 Å². The van der Waals surface area contributed by atoms with E-state index in [1.165, 1.54) is 0 Å². The molecule has 1 fully saturated rings. The van der Waals surface area contributed by atoms with Gasteiger partial charge in [-0.15, -0.1) is 0 Å². The Labute approximate surface area is 85.9 Å². The van der Waals surface area contributed by atoms with E-state index in [1.807, 2.05) is 0 Å². The zero-order valence-electron chi connectivity index (χ0n) is 8.66. The lowest BCUT2D eigenvalue weighted by molar-refractivity contribution is 0.185. The number of hydrogen-bond donors (Lipinski definition) is 1. The summed E-state index contributed by atoms with van der Waals surface area (Å²) in [5.74, 6) is 1.05. The fourth-order valence-corrected chi connectivity index (χ4v) is 2.17. The van der Waals surface area contributed by atoms with E-state index in [0.717, 1.165) is 26.2 Å². The normalized spacial score (nSPS) is 22.8. The van der Waals surface area contributed by atoms with Crippen molar-refractivity contribution in [2.24, 2.45) is 5.92 Å². The summed E-state index contributed by atoms with van der Waals surface area (Å²) in [5, 5.41) is 3.16. The number of rotatable bonds is 6. The van der Waals surface area contributed by atoms with Gasteiger partial charge < -0.3 is 10.1 Å². The van der Waals surface area contributed by atoms with Crippen molar-refractivity contribution >= 4 is 9.84 Å². The molecular formula is C9H19NO3S. The first-order chi connectivity index (χ1) is 6.64. The van der Waals surface area contributed by atoms with Gasteiger partial charge in [0.25, 0.3) is 0 Å². The van der Waals surface area contributed by atoms with Gasteiger partial charge in [-0.25, -0.2) is 8.42 Å². The van der Waals surface area contributed by atoms with Crippen molar-refractivity contribution in [2.45, 2.75) is 13.3 Å². The van der Waals surface area contributed by atoms with Crippen LogP contribution in [0.4, 0.5) is 0 Å². The van der Waals surface area contributed by atoms with Crippen molar-refractivity contribution in [2.75, 3.05) is 37.8 Å². The van der Waals surface area contributed by atoms with Gasteiger partial charge in [0.1, 0.15) is 0 Å². The van der Waals surface area contributed by atoms with E-state index in [-0.39, 0.29) is 11.5 Å². The predicted molar refractivity (Wildman–Crippen MR) is 56.1 cm³/mol. The van der Waals surface area contributed by atoms with E-state index in [4.69, 9.17) is 4.74 Å². The van der Waals surface area contributed by atoms with Crippen LogP contribution < -0.4 is 5.32 Å². The lowest BCUT2D eigenvalue weighted by atomic mass is 10.1. The Hall–Kier alpha value is -0.130. The monoisotopic (exact) mass is 221 g/mol. The molecule has 0 radical (unpaired) electrons. The predicted octanol–water partition coefficient (Wildman–Crippen LogP) is 0.0472. The lowest BCUT2D eigenvalue weighted by Crippen LogP contribution is -2.28. The molecule has 0 aliphatic carbocycles. The molecule has 0 aromatic rings. The third kappa shape index (κ3) is 4.39. The third-order valence-electron chi connectivity index (χ3n) is 2.49. The van der Waals surface area contributed by atoms with Crippen LogP contribution >= 0.6 is 0 Å². The van der Waals surface area contributed by atoms with Gasteiger partial charge in [0.15, 0.2) is 9.84 Å². The molecule has 5 heteroatoms. The minimum absolute atomic E-state index is 0.237. The quantitative estimate of drug-likeness (QED) is 0.644. The van der Waals surface area contributed by atoms with Gasteiger partial charge in [-0.3, -0.25) is 0 Å². The number of sulfone groups is 1. The van der Waals surface area contributed by atoms with Crippen LogP contribution in [0.2, 0.25) is 0 Å². The van der Waals surface area contributed by atoms with Crippen molar-refractivity contribution in [3.63, 3.8) is 0 Å². The molecule has 0 saturated carbocycles. The highest BCUT2D eigenvalue weighted by atomic mass is 32.2. The van der Waals surface area contributed by atoms with Crippen molar-refractivity contribution in [3.8, 4) is 0 Å². The molecule has 0 spiro atoms. The van der Waals surface area contributed by atoms with Gasteiger partial charge in [0, 0.05) is 25.4 Å². The molecule has 0 amide bonds. The van der Waals surface area contributed by atoms with E-state index < -0.39 is 9.84 Å². The molecule has 0 aromatic heterocycles. The van der Waals surface area contributed by atoms with Crippen LogP contribution in [0.1, 0.15) is 13.3 Å². The maximum absolute atomic E-state index is 11.1. The molecular weight excluding hydrogens is 202 g/mol. The highest BCUT2D eigenvalue weighted by Crippen LogP contribution is 2.10. The fraction of sp³-hybridized carbons (Fsp3) is 1.00. The summed E-state index contributed by atoms with van der Waals surface area (Å²) in [5.41, 5.74) is 0. The second-order valence-corrected chi connectivity index (χ2v) is 6.14. The van der Waals surface area contributed by atoms with Crippen molar-refractivity contribution < 1.29 is 13.2 Å². The highest BCUT2D eigenvalue weighted by Gasteiger charge is 2.15. The molecule has 14 heavy (non-hydrogen) atoms. The Morgan fingerprint density at radius 1 is 1.50 bits per heavy atom. The fourth-order valence-electron chi connectivity index (χ4n) is 1.42. The lowest BCUT2D eigenvalue weighted by Gasteiger charge is -2.08. The second kappa shape index (κ2) is 5.68. The Kier molecular flexibility index (Phi) is 4.84. The number of hydrogen-bond acceptors (Lipinski definition) is 4. The van der Waals surface area contributed by atoms with Crippen LogP contribution in [0.15, 0.2) is 0 Å². The van der Waals surface area contributed by atoms with E-state index in [2.05, 4.69) is 5.32 Å². The highest BCUT2D eigenvalue weighted by molar-refractivity contribution is 7.91. The number of nitrogens with one attached hydrogen (secondary N) is 1. The zero-order chi connectivity index (χ0) is 10.4. The summed E-state index contributed by atoms with van der Waals surface area (Å²) in [6, 6.07) is 0. The molecule has 4 nitrogen and oxygen atoms in total. The summed E-state index contributed by atoms with van der Waals surface area (Å²) in [6.45, 7) is 4.78. The smallest absolute Gasteiger partial charge is 0.151 e. The molecule has 1 atom stereocenters. The molecule has 1 N–H and O–H groups in total. The maximum Gasteiger partial charge on any atom is 0.151 e. The Morgan fingerprint density at radius 3 is 2.86 bits per heavy atom. The van der Waals surface area contributed by atoms with Crippen molar-refractivity contribution in [1.29, 1.82) is 0 Å². The van der Waals surface area contributed by atoms with Gasteiger partial charge >= 0.3 is 0 Å². The van der Waals surface area contributed by atoms with Crippen LogP contribution in [0, 0.1) is 5.92 Å². The molecule has 1 rings (SSSR count). The summed E-state index contributed by atoms with van der Waals surface area (Å²) < 4.78 is 27.5. The van der Waals surface area contributed by atoms with E-state index in [0.29, 0.717) is 12.5 Å². The minimum atomic E-state index is -2.81. The molecule has 1 aliphatic rings. The minimum Gasteiger partial charge on any atom is -0.381 e. The topological polar surface area (TPSA) is 55.4 Å². The summed E-state index contributed by atoms with van der Waals surface area (Å²) in [6.07, 6.45) is 1.09. The van der Waals surface area contributed by atoms with E-state index in [9.17, 15) is 8.42 Å². The molecule has 0 bridgehead atoms. The van der Waals surface area contributed by atoms with Gasteiger partial charge in [-0.05, 0) is 12.3 Å². The molecule has 1 saturated heterocycles. The average Bonchev–Trinajstić information content (AvgIpc) is 2.65. The molecule has 1 unspecified atom stereocenters. The van der Waals surface area contributed by atoms with Crippen LogP contribution in [0.25, 0.3) is 0 Å².